The molecule has 1 unspecified atom stereocenters. The molecule has 1 heteroatoms. The van der Waals surface area contributed by atoms with Crippen LogP contribution in [0.4, 0.5) is 0 Å². The fraction of sp³-hybridized carbons (Fsp3) is 0.294. The summed E-state index contributed by atoms with van der Waals surface area (Å²) in [7, 11) is 0. The van der Waals surface area contributed by atoms with E-state index < -0.39 is 0 Å². The van der Waals surface area contributed by atoms with Crippen LogP contribution in [0.3, 0.4) is 0 Å². The molecule has 1 atom stereocenters. The van der Waals surface area contributed by atoms with Crippen molar-refractivity contribution in [3.8, 4) is 0 Å². The average Bonchev–Trinajstić information content (AvgIpc) is 2.47. The van der Waals surface area contributed by atoms with Gasteiger partial charge in [-0.15, -0.1) is 11.6 Å². The van der Waals surface area contributed by atoms with Crippen LogP contribution in [-0.2, 0) is 11.8 Å². The highest BCUT2D eigenvalue weighted by Crippen LogP contribution is 2.33. The lowest BCUT2D eigenvalue weighted by Gasteiger charge is -2.31. The van der Waals surface area contributed by atoms with Crippen molar-refractivity contribution in [2.45, 2.75) is 25.2 Å². The molecule has 0 aliphatic carbocycles. The summed E-state index contributed by atoms with van der Waals surface area (Å²) in [4.78, 5) is 0. The maximum Gasteiger partial charge on any atom is 0.0323 e. The molecule has 0 nitrogen and oxygen atoms in total. The van der Waals surface area contributed by atoms with Gasteiger partial charge < -0.3 is 0 Å². The molecule has 2 rings (SSSR count). The Morgan fingerprint density at radius 2 is 1.44 bits per heavy atom. The predicted octanol–water partition coefficient (Wildman–Crippen LogP) is 4.82. The minimum atomic E-state index is 0.0458. The standard InChI is InChI=1S/C17H19Cl/c1-2-17(14-18,16-11-7-4-8-12-16)13-15-9-5-3-6-10-15/h3-12H,2,13-14H2,1H3. The lowest BCUT2D eigenvalue weighted by molar-refractivity contribution is 0.458. The quantitative estimate of drug-likeness (QED) is 0.675. The lowest BCUT2D eigenvalue weighted by atomic mass is 9.75. The van der Waals surface area contributed by atoms with Crippen LogP contribution in [0.1, 0.15) is 24.5 Å². The van der Waals surface area contributed by atoms with Crippen molar-refractivity contribution < 1.29 is 0 Å². The zero-order valence-corrected chi connectivity index (χ0v) is 11.5. The first-order chi connectivity index (χ1) is 8.80. The van der Waals surface area contributed by atoms with Crippen LogP contribution in [0.5, 0.6) is 0 Å². The summed E-state index contributed by atoms with van der Waals surface area (Å²) in [6.07, 6.45) is 2.05. The minimum absolute atomic E-state index is 0.0458. The molecule has 0 heterocycles. The van der Waals surface area contributed by atoms with Gasteiger partial charge in [-0.25, -0.2) is 0 Å². The van der Waals surface area contributed by atoms with Gasteiger partial charge in [0.1, 0.15) is 0 Å². The third-order valence-electron chi connectivity index (χ3n) is 3.70. The first-order valence-corrected chi connectivity index (χ1v) is 6.99. The summed E-state index contributed by atoms with van der Waals surface area (Å²) in [6.45, 7) is 2.22. The van der Waals surface area contributed by atoms with E-state index in [1.54, 1.807) is 0 Å². The molecule has 0 spiro atoms. The number of benzene rings is 2. The van der Waals surface area contributed by atoms with Gasteiger partial charge in [0.05, 0.1) is 0 Å². The van der Waals surface area contributed by atoms with Crippen LogP contribution in [-0.4, -0.2) is 5.88 Å². The van der Waals surface area contributed by atoms with Crippen molar-refractivity contribution in [1.29, 1.82) is 0 Å². The molecule has 2 aromatic rings. The molecule has 18 heavy (non-hydrogen) atoms. The molecule has 0 bridgehead atoms. The Morgan fingerprint density at radius 3 is 1.94 bits per heavy atom. The van der Waals surface area contributed by atoms with E-state index in [1.165, 1.54) is 11.1 Å². The maximum absolute atomic E-state index is 6.31. The number of rotatable bonds is 5. The Hall–Kier alpha value is -1.27. The molecule has 0 saturated carbocycles. The van der Waals surface area contributed by atoms with Gasteiger partial charge in [-0.3, -0.25) is 0 Å². The van der Waals surface area contributed by atoms with Crippen molar-refractivity contribution in [1.82, 2.24) is 0 Å². The van der Waals surface area contributed by atoms with E-state index in [4.69, 9.17) is 11.6 Å². The fourth-order valence-electron chi connectivity index (χ4n) is 2.43. The number of alkyl halides is 1. The van der Waals surface area contributed by atoms with E-state index in [1.807, 2.05) is 0 Å². The summed E-state index contributed by atoms with van der Waals surface area (Å²) in [5.41, 5.74) is 2.74. The molecule has 0 aliphatic heterocycles. The number of halogens is 1. The Morgan fingerprint density at radius 1 is 0.889 bits per heavy atom. The van der Waals surface area contributed by atoms with Gasteiger partial charge in [0, 0.05) is 11.3 Å². The molecule has 0 N–H and O–H groups in total. The second-order valence-corrected chi connectivity index (χ2v) is 5.06. The van der Waals surface area contributed by atoms with E-state index >= 15 is 0 Å². The Balaban J connectivity index is 2.33. The van der Waals surface area contributed by atoms with Crippen molar-refractivity contribution in [3.63, 3.8) is 0 Å². The van der Waals surface area contributed by atoms with E-state index in [0.717, 1.165) is 12.8 Å². The van der Waals surface area contributed by atoms with Gasteiger partial charge in [0.25, 0.3) is 0 Å². The molecule has 0 radical (unpaired) electrons. The molecule has 0 fully saturated rings. The smallest absolute Gasteiger partial charge is 0.0323 e. The lowest BCUT2D eigenvalue weighted by Crippen LogP contribution is -2.30. The summed E-state index contributed by atoms with van der Waals surface area (Å²) >= 11 is 6.31. The highest BCUT2D eigenvalue weighted by molar-refractivity contribution is 6.18. The Labute approximate surface area is 115 Å². The largest absolute Gasteiger partial charge is 0.126 e. The molecule has 0 amide bonds. The molecular formula is C17H19Cl. The third kappa shape index (κ3) is 2.76. The van der Waals surface area contributed by atoms with Gasteiger partial charge in [0.15, 0.2) is 0 Å². The topological polar surface area (TPSA) is 0 Å². The molecule has 94 valence electrons. The summed E-state index contributed by atoms with van der Waals surface area (Å²) in [6, 6.07) is 21.2. The third-order valence-corrected chi connectivity index (χ3v) is 4.22. The first kappa shape index (κ1) is 13.2. The van der Waals surface area contributed by atoms with Gasteiger partial charge in [0.2, 0.25) is 0 Å². The maximum atomic E-state index is 6.31. The van der Waals surface area contributed by atoms with Gasteiger partial charge in [-0.2, -0.15) is 0 Å². The summed E-state index contributed by atoms with van der Waals surface area (Å²) < 4.78 is 0. The van der Waals surface area contributed by atoms with Crippen LogP contribution in [0.25, 0.3) is 0 Å². The van der Waals surface area contributed by atoms with E-state index in [9.17, 15) is 0 Å². The van der Waals surface area contributed by atoms with Crippen LogP contribution < -0.4 is 0 Å². The predicted molar refractivity (Wildman–Crippen MR) is 79.3 cm³/mol. The molecular weight excluding hydrogens is 240 g/mol. The normalized spacial score (nSPS) is 14.1. The average molecular weight is 259 g/mol. The van der Waals surface area contributed by atoms with E-state index in [2.05, 4.69) is 67.6 Å². The number of hydrogen-bond acceptors (Lipinski definition) is 0. The second kappa shape index (κ2) is 6.06. The summed E-state index contributed by atoms with van der Waals surface area (Å²) in [5.74, 6) is 0.655. The number of hydrogen-bond donors (Lipinski definition) is 0. The molecule has 0 saturated heterocycles. The van der Waals surface area contributed by atoms with Crippen LogP contribution in [0.2, 0.25) is 0 Å². The highest BCUT2D eigenvalue weighted by atomic mass is 35.5. The minimum Gasteiger partial charge on any atom is -0.126 e. The Kier molecular flexibility index (Phi) is 4.43. The zero-order chi connectivity index (χ0) is 12.8. The Bertz CT molecular complexity index is 457. The van der Waals surface area contributed by atoms with Crippen molar-refractivity contribution in [2.75, 3.05) is 5.88 Å². The van der Waals surface area contributed by atoms with E-state index in [0.29, 0.717) is 5.88 Å². The zero-order valence-electron chi connectivity index (χ0n) is 10.8. The van der Waals surface area contributed by atoms with Crippen LogP contribution >= 0.6 is 11.6 Å². The second-order valence-electron chi connectivity index (χ2n) is 4.80. The molecule has 0 aromatic heterocycles. The summed E-state index contributed by atoms with van der Waals surface area (Å²) in [5, 5.41) is 0. The molecule has 0 aliphatic rings. The van der Waals surface area contributed by atoms with Gasteiger partial charge >= 0.3 is 0 Å². The SMILES string of the molecule is CCC(CCl)(Cc1ccccc1)c1ccccc1. The van der Waals surface area contributed by atoms with Crippen molar-refractivity contribution >= 4 is 11.6 Å². The fourth-order valence-corrected chi connectivity index (χ4v) is 2.87. The highest BCUT2D eigenvalue weighted by Gasteiger charge is 2.29. The van der Waals surface area contributed by atoms with Crippen molar-refractivity contribution in [2.24, 2.45) is 0 Å². The van der Waals surface area contributed by atoms with Crippen molar-refractivity contribution in [3.05, 3.63) is 71.8 Å². The van der Waals surface area contributed by atoms with Crippen LogP contribution in [0, 0.1) is 0 Å². The first-order valence-electron chi connectivity index (χ1n) is 6.46. The van der Waals surface area contributed by atoms with Gasteiger partial charge in [-0.1, -0.05) is 67.6 Å². The van der Waals surface area contributed by atoms with E-state index in [-0.39, 0.29) is 5.41 Å². The molecule has 2 aromatic carbocycles. The van der Waals surface area contributed by atoms with Gasteiger partial charge in [-0.05, 0) is 24.0 Å². The van der Waals surface area contributed by atoms with Crippen LogP contribution in [0.15, 0.2) is 60.7 Å². The monoisotopic (exact) mass is 258 g/mol.